The lowest BCUT2D eigenvalue weighted by molar-refractivity contribution is -0.118. The van der Waals surface area contributed by atoms with E-state index >= 15 is 0 Å². The molecule has 1 aromatic carbocycles. The Morgan fingerprint density at radius 1 is 1.29 bits per heavy atom. The Balaban J connectivity index is 1.52. The molecule has 1 aliphatic rings. The van der Waals surface area contributed by atoms with Gasteiger partial charge in [0.25, 0.3) is 0 Å². The normalized spacial score (nSPS) is 13.8. The van der Waals surface area contributed by atoms with Gasteiger partial charge >= 0.3 is 0 Å². The van der Waals surface area contributed by atoms with Gasteiger partial charge in [-0.2, -0.15) is 0 Å². The summed E-state index contributed by atoms with van der Waals surface area (Å²) in [6, 6.07) is 12.0. The van der Waals surface area contributed by atoms with Crippen LogP contribution in [0.15, 0.2) is 46.2 Å². The highest BCUT2D eigenvalue weighted by Gasteiger charge is 2.23. The third kappa shape index (κ3) is 2.87. The van der Waals surface area contributed by atoms with Gasteiger partial charge in [-0.15, -0.1) is 11.3 Å². The van der Waals surface area contributed by atoms with Crippen molar-refractivity contribution in [2.75, 3.05) is 11.4 Å². The summed E-state index contributed by atoms with van der Waals surface area (Å²) < 4.78 is 5.60. The van der Waals surface area contributed by atoms with E-state index in [1.807, 2.05) is 47.5 Å². The summed E-state index contributed by atoms with van der Waals surface area (Å²) in [6.45, 7) is 2.69. The van der Waals surface area contributed by atoms with E-state index in [0.29, 0.717) is 6.42 Å². The molecular weight excluding hydrogens is 320 g/mol. The maximum Gasteiger partial charge on any atom is 0.233 e. The van der Waals surface area contributed by atoms with Crippen LogP contribution >= 0.6 is 11.3 Å². The minimum atomic E-state index is 0.106. The van der Waals surface area contributed by atoms with Gasteiger partial charge in [-0.05, 0) is 43.5 Å². The summed E-state index contributed by atoms with van der Waals surface area (Å²) in [7, 11) is 0. The fourth-order valence-corrected chi connectivity index (χ4v) is 3.87. The molecule has 0 aliphatic carbocycles. The Bertz CT molecular complexity index is 881. The highest BCUT2D eigenvalue weighted by molar-refractivity contribution is 7.13. The number of carbonyl (C=O) groups is 1. The van der Waals surface area contributed by atoms with E-state index in [1.165, 1.54) is 16.9 Å². The maximum atomic E-state index is 12.7. The van der Waals surface area contributed by atoms with Gasteiger partial charge in [-0.1, -0.05) is 18.2 Å². The molecule has 0 fully saturated rings. The molecule has 5 heteroatoms. The molecule has 1 aliphatic heterocycles. The topological polar surface area (TPSA) is 46.3 Å². The Labute approximate surface area is 144 Å². The third-order valence-corrected chi connectivity index (χ3v) is 5.15. The molecule has 0 spiro atoms. The van der Waals surface area contributed by atoms with Crippen molar-refractivity contribution in [1.29, 1.82) is 0 Å². The van der Waals surface area contributed by atoms with E-state index in [-0.39, 0.29) is 5.91 Å². The van der Waals surface area contributed by atoms with Crippen molar-refractivity contribution >= 4 is 22.9 Å². The molecule has 122 valence electrons. The number of amides is 1. The lowest BCUT2D eigenvalue weighted by Gasteiger charge is -2.29. The fourth-order valence-electron chi connectivity index (χ4n) is 3.09. The second-order valence-electron chi connectivity index (χ2n) is 6.01. The predicted molar refractivity (Wildman–Crippen MR) is 95.4 cm³/mol. The molecule has 1 amide bonds. The largest absolute Gasteiger partial charge is 0.459 e. The quantitative estimate of drug-likeness (QED) is 0.718. The summed E-state index contributed by atoms with van der Waals surface area (Å²) in [5.41, 5.74) is 3.10. The van der Waals surface area contributed by atoms with Gasteiger partial charge < -0.3 is 9.32 Å². The highest BCUT2D eigenvalue weighted by atomic mass is 32.1. The summed E-state index contributed by atoms with van der Waals surface area (Å²) in [6.07, 6.45) is 2.37. The number of rotatable bonds is 3. The van der Waals surface area contributed by atoms with Crippen LogP contribution in [0.5, 0.6) is 0 Å². The molecular formula is C19H18N2O2S. The van der Waals surface area contributed by atoms with Gasteiger partial charge in [0, 0.05) is 17.6 Å². The first-order chi connectivity index (χ1) is 11.7. The van der Waals surface area contributed by atoms with Crippen LogP contribution in [0.3, 0.4) is 0 Å². The molecule has 0 unspecified atom stereocenters. The second-order valence-corrected chi connectivity index (χ2v) is 6.87. The zero-order valence-electron chi connectivity index (χ0n) is 13.5. The number of para-hydroxylation sites is 1. The van der Waals surface area contributed by atoms with E-state index in [0.717, 1.165) is 47.3 Å². The van der Waals surface area contributed by atoms with Crippen molar-refractivity contribution in [3.8, 4) is 10.8 Å². The number of aryl methyl sites for hydroxylation is 2. The van der Waals surface area contributed by atoms with Crippen LogP contribution in [0, 0.1) is 6.92 Å². The van der Waals surface area contributed by atoms with Gasteiger partial charge in [0.1, 0.15) is 5.76 Å². The molecule has 0 saturated heterocycles. The van der Waals surface area contributed by atoms with Crippen LogP contribution in [0.2, 0.25) is 0 Å². The van der Waals surface area contributed by atoms with E-state index in [9.17, 15) is 4.79 Å². The summed E-state index contributed by atoms with van der Waals surface area (Å²) in [5, 5.41) is 2.77. The number of hydrogen-bond donors (Lipinski definition) is 0. The first-order valence-corrected chi connectivity index (χ1v) is 8.98. The van der Waals surface area contributed by atoms with E-state index in [2.05, 4.69) is 11.1 Å². The number of carbonyl (C=O) groups excluding carboxylic acids is 1. The van der Waals surface area contributed by atoms with Crippen molar-refractivity contribution in [2.24, 2.45) is 0 Å². The van der Waals surface area contributed by atoms with Crippen LogP contribution in [0.1, 0.15) is 23.4 Å². The minimum absolute atomic E-state index is 0.106. The number of benzene rings is 1. The average molecular weight is 338 g/mol. The first kappa shape index (κ1) is 15.1. The summed E-state index contributed by atoms with van der Waals surface area (Å²) in [4.78, 5) is 19.2. The molecule has 2 aromatic heterocycles. The Hall–Kier alpha value is -2.40. The third-order valence-electron chi connectivity index (χ3n) is 4.25. The minimum Gasteiger partial charge on any atom is -0.459 e. The molecule has 3 aromatic rings. The van der Waals surface area contributed by atoms with E-state index < -0.39 is 0 Å². The van der Waals surface area contributed by atoms with Crippen molar-refractivity contribution in [3.63, 3.8) is 0 Å². The Kier molecular flexibility index (Phi) is 3.94. The molecule has 0 radical (unpaired) electrons. The van der Waals surface area contributed by atoms with Crippen molar-refractivity contribution in [1.82, 2.24) is 4.98 Å². The molecule has 0 saturated carbocycles. The number of hydrogen-bond acceptors (Lipinski definition) is 4. The van der Waals surface area contributed by atoms with Crippen LogP contribution in [-0.2, 0) is 17.6 Å². The average Bonchev–Trinajstić information content (AvgIpc) is 3.23. The number of fused-ring (bicyclic) bond motifs is 1. The molecule has 24 heavy (non-hydrogen) atoms. The fraction of sp³-hybridized carbons (Fsp3) is 0.263. The number of aromatic nitrogens is 1. The van der Waals surface area contributed by atoms with Crippen molar-refractivity contribution < 1.29 is 9.21 Å². The summed E-state index contributed by atoms with van der Waals surface area (Å²) in [5.74, 6) is 1.73. The van der Waals surface area contributed by atoms with Crippen LogP contribution in [-0.4, -0.2) is 17.4 Å². The zero-order chi connectivity index (χ0) is 16.5. The highest BCUT2D eigenvalue weighted by Crippen LogP contribution is 2.29. The molecule has 4 nitrogen and oxygen atoms in total. The number of anilines is 1. The zero-order valence-corrected chi connectivity index (χ0v) is 14.3. The predicted octanol–water partition coefficient (Wildman–Crippen LogP) is 4.23. The molecule has 0 bridgehead atoms. The van der Waals surface area contributed by atoms with Gasteiger partial charge in [0.15, 0.2) is 10.8 Å². The SMILES string of the molecule is Cc1ccc(-c2nc(CC(=O)N3CCCc4ccccc43)cs2)o1. The Morgan fingerprint density at radius 3 is 3.00 bits per heavy atom. The van der Waals surface area contributed by atoms with Gasteiger partial charge in [0.2, 0.25) is 5.91 Å². The van der Waals surface area contributed by atoms with Crippen molar-refractivity contribution in [2.45, 2.75) is 26.2 Å². The smallest absolute Gasteiger partial charge is 0.233 e. The lowest BCUT2D eigenvalue weighted by atomic mass is 10.0. The monoisotopic (exact) mass is 338 g/mol. The molecule has 0 atom stereocenters. The summed E-state index contributed by atoms with van der Waals surface area (Å²) >= 11 is 1.51. The number of nitrogens with zero attached hydrogens (tertiary/aromatic N) is 2. The van der Waals surface area contributed by atoms with Crippen molar-refractivity contribution in [3.05, 3.63) is 58.8 Å². The molecule has 4 rings (SSSR count). The van der Waals surface area contributed by atoms with E-state index in [4.69, 9.17) is 4.42 Å². The van der Waals surface area contributed by atoms with Crippen LogP contribution in [0.4, 0.5) is 5.69 Å². The van der Waals surface area contributed by atoms with E-state index in [1.54, 1.807) is 0 Å². The first-order valence-electron chi connectivity index (χ1n) is 8.10. The Morgan fingerprint density at radius 2 is 2.17 bits per heavy atom. The van der Waals surface area contributed by atoms with Crippen LogP contribution in [0.25, 0.3) is 10.8 Å². The second kappa shape index (κ2) is 6.24. The number of thiazole rings is 1. The molecule has 0 N–H and O–H groups in total. The van der Waals surface area contributed by atoms with Gasteiger partial charge in [-0.25, -0.2) is 4.98 Å². The van der Waals surface area contributed by atoms with Gasteiger partial charge in [0.05, 0.1) is 12.1 Å². The lowest BCUT2D eigenvalue weighted by Crippen LogP contribution is -2.36. The molecule has 3 heterocycles. The maximum absolute atomic E-state index is 12.7. The number of furan rings is 1. The van der Waals surface area contributed by atoms with Gasteiger partial charge in [-0.3, -0.25) is 4.79 Å². The van der Waals surface area contributed by atoms with Crippen LogP contribution < -0.4 is 4.90 Å². The standard InChI is InChI=1S/C19H18N2O2S/c1-13-8-9-17(23-13)19-20-15(12-24-19)11-18(22)21-10-4-6-14-5-2-3-7-16(14)21/h2-3,5,7-9,12H,4,6,10-11H2,1H3.